The molecule has 0 saturated heterocycles. The molecule has 1 rings (SSSR count). The minimum Gasteiger partial charge on any atom is -0.466 e. The fraction of sp³-hybridized carbons (Fsp3) is 0.615. The van der Waals surface area contributed by atoms with Gasteiger partial charge in [0.2, 0.25) is 0 Å². The summed E-state index contributed by atoms with van der Waals surface area (Å²) in [7, 11) is 1.41. The molecule has 2 heteroatoms. The third-order valence-corrected chi connectivity index (χ3v) is 2.78. The predicted molar refractivity (Wildman–Crippen MR) is 61.6 cm³/mol. The topological polar surface area (TPSA) is 26.3 Å². The van der Waals surface area contributed by atoms with E-state index in [0.29, 0.717) is 0 Å². The van der Waals surface area contributed by atoms with E-state index in [1.807, 2.05) is 6.92 Å². The molecule has 0 amide bonds. The predicted octanol–water partition coefficient (Wildman–Crippen LogP) is 3.39. The van der Waals surface area contributed by atoms with Crippen molar-refractivity contribution in [3.63, 3.8) is 0 Å². The molecule has 0 atom stereocenters. The van der Waals surface area contributed by atoms with Crippen molar-refractivity contribution in [2.75, 3.05) is 7.11 Å². The first-order chi connectivity index (χ1) is 7.22. The summed E-state index contributed by atoms with van der Waals surface area (Å²) in [5.41, 5.74) is 2.69. The van der Waals surface area contributed by atoms with E-state index in [1.165, 1.54) is 32.8 Å². The highest BCUT2D eigenvalue weighted by molar-refractivity contribution is 5.82. The van der Waals surface area contributed by atoms with Crippen LogP contribution in [0.5, 0.6) is 0 Å². The molecule has 0 unspecified atom stereocenters. The van der Waals surface area contributed by atoms with E-state index in [1.54, 1.807) is 11.6 Å². The Balaban J connectivity index is 2.27. The van der Waals surface area contributed by atoms with E-state index in [0.717, 1.165) is 18.4 Å². The third kappa shape index (κ3) is 4.82. The molecule has 15 heavy (non-hydrogen) atoms. The number of hydrogen-bond donors (Lipinski definition) is 0. The van der Waals surface area contributed by atoms with Gasteiger partial charge < -0.3 is 4.74 Å². The number of methoxy groups -OCH3 is 1. The zero-order chi connectivity index (χ0) is 11.1. The molecule has 2 nitrogen and oxygen atoms in total. The zero-order valence-electron chi connectivity index (χ0n) is 9.71. The lowest BCUT2D eigenvalue weighted by Crippen LogP contribution is -1.95. The van der Waals surface area contributed by atoms with E-state index in [-0.39, 0.29) is 5.97 Å². The summed E-state index contributed by atoms with van der Waals surface area (Å²) < 4.78 is 4.57. The van der Waals surface area contributed by atoms with Crippen molar-refractivity contribution >= 4 is 5.97 Å². The molecular formula is C13H20O2. The van der Waals surface area contributed by atoms with Gasteiger partial charge in [-0.05, 0) is 45.4 Å². The second-order valence-electron chi connectivity index (χ2n) is 4.12. The molecule has 1 fully saturated rings. The molecule has 0 radical (unpaired) electrons. The van der Waals surface area contributed by atoms with Crippen LogP contribution in [0.15, 0.2) is 23.3 Å². The molecule has 84 valence electrons. The quantitative estimate of drug-likeness (QED) is 0.402. The molecule has 0 heterocycles. The Labute approximate surface area is 92.0 Å². The molecule has 0 aromatic rings. The van der Waals surface area contributed by atoms with Crippen LogP contribution >= 0.6 is 0 Å². The number of carbonyl (C=O) groups excluding carboxylic acids is 1. The average Bonchev–Trinajstić information content (AvgIpc) is 2.70. The monoisotopic (exact) mass is 208 g/mol. The molecule has 0 bridgehead atoms. The summed E-state index contributed by atoms with van der Waals surface area (Å²) in [6.45, 7) is 1.98. The number of esters is 1. The highest BCUT2D eigenvalue weighted by atomic mass is 16.5. The molecule has 1 saturated carbocycles. The van der Waals surface area contributed by atoms with Gasteiger partial charge in [-0.1, -0.05) is 17.2 Å². The number of ether oxygens (including phenoxy) is 1. The minimum absolute atomic E-state index is 0.249. The minimum atomic E-state index is -0.249. The zero-order valence-corrected chi connectivity index (χ0v) is 9.71. The molecule has 0 N–H and O–H groups in total. The van der Waals surface area contributed by atoms with Crippen LogP contribution in [0.1, 0.15) is 45.4 Å². The first-order valence-corrected chi connectivity index (χ1v) is 5.65. The summed E-state index contributed by atoms with van der Waals surface area (Å²) in [4.78, 5) is 10.9. The summed E-state index contributed by atoms with van der Waals surface area (Å²) in [5, 5.41) is 0. The normalized spacial score (nSPS) is 16.7. The first kappa shape index (κ1) is 12.0. The highest BCUT2D eigenvalue weighted by Gasteiger charge is 2.05. The van der Waals surface area contributed by atoms with Gasteiger partial charge in [-0.3, -0.25) is 0 Å². The SMILES string of the molecule is COC(=O)/C=C(\C)CCC=C1CCCC1. The van der Waals surface area contributed by atoms with Crippen LogP contribution in [0.3, 0.4) is 0 Å². The third-order valence-electron chi connectivity index (χ3n) is 2.78. The fourth-order valence-corrected chi connectivity index (χ4v) is 1.87. The summed E-state index contributed by atoms with van der Waals surface area (Å²) in [6.07, 6.45) is 11.2. The number of hydrogen-bond acceptors (Lipinski definition) is 2. The Morgan fingerprint density at radius 2 is 2.07 bits per heavy atom. The van der Waals surface area contributed by atoms with E-state index in [2.05, 4.69) is 10.8 Å². The first-order valence-electron chi connectivity index (χ1n) is 5.65. The number of carbonyl (C=O) groups is 1. The Bertz CT molecular complexity index is 266. The summed E-state index contributed by atoms with van der Waals surface area (Å²) >= 11 is 0. The van der Waals surface area contributed by atoms with Crippen LogP contribution in [0.4, 0.5) is 0 Å². The molecule has 1 aliphatic carbocycles. The van der Waals surface area contributed by atoms with Crippen LogP contribution in [-0.4, -0.2) is 13.1 Å². The number of rotatable bonds is 4. The number of allylic oxidation sites excluding steroid dienone is 3. The smallest absolute Gasteiger partial charge is 0.330 e. The maximum Gasteiger partial charge on any atom is 0.330 e. The maximum absolute atomic E-state index is 10.9. The van der Waals surface area contributed by atoms with Gasteiger partial charge in [0.1, 0.15) is 0 Å². The second-order valence-corrected chi connectivity index (χ2v) is 4.12. The van der Waals surface area contributed by atoms with Gasteiger partial charge >= 0.3 is 5.97 Å². The molecule has 1 aliphatic rings. The van der Waals surface area contributed by atoms with Crippen molar-refractivity contribution < 1.29 is 9.53 Å². The van der Waals surface area contributed by atoms with Gasteiger partial charge in [0, 0.05) is 6.08 Å². The van der Waals surface area contributed by atoms with Gasteiger partial charge in [-0.2, -0.15) is 0 Å². The van der Waals surface area contributed by atoms with E-state index in [9.17, 15) is 4.79 Å². The van der Waals surface area contributed by atoms with Crippen molar-refractivity contribution in [3.05, 3.63) is 23.3 Å². The van der Waals surface area contributed by atoms with E-state index >= 15 is 0 Å². The van der Waals surface area contributed by atoms with E-state index < -0.39 is 0 Å². The molecule has 0 aliphatic heterocycles. The van der Waals surface area contributed by atoms with Crippen LogP contribution in [0.2, 0.25) is 0 Å². The maximum atomic E-state index is 10.9. The van der Waals surface area contributed by atoms with Gasteiger partial charge in [0.05, 0.1) is 7.11 Å². The Morgan fingerprint density at radius 3 is 2.67 bits per heavy atom. The lowest BCUT2D eigenvalue weighted by atomic mass is 10.1. The average molecular weight is 208 g/mol. The van der Waals surface area contributed by atoms with Crippen LogP contribution in [0, 0.1) is 0 Å². The van der Waals surface area contributed by atoms with Crippen molar-refractivity contribution in [1.29, 1.82) is 0 Å². The highest BCUT2D eigenvalue weighted by Crippen LogP contribution is 2.24. The Hall–Kier alpha value is -1.05. The second kappa shape index (κ2) is 6.44. The summed E-state index contributed by atoms with van der Waals surface area (Å²) in [6, 6.07) is 0. The van der Waals surface area contributed by atoms with Crippen molar-refractivity contribution in [2.45, 2.75) is 45.4 Å². The molecule has 0 aromatic heterocycles. The largest absolute Gasteiger partial charge is 0.466 e. The van der Waals surface area contributed by atoms with Crippen molar-refractivity contribution in [3.8, 4) is 0 Å². The Kier molecular flexibility index (Phi) is 5.16. The standard InChI is InChI=1S/C13H20O2/c1-11(10-13(14)15-2)6-5-9-12-7-3-4-8-12/h9-10H,3-8H2,1-2H3/b11-10+. The van der Waals surface area contributed by atoms with Gasteiger partial charge in [0.25, 0.3) is 0 Å². The van der Waals surface area contributed by atoms with Crippen LogP contribution in [0.25, 0.3) is 0 Å². The van der Waals surface area contributed by atoms with Crippen LogP contribution < -0.4 is 0 Å². The Morgan fingerprint density at radius 1 is 1.40 bits per heavy atom. The van der Waals surface area contributed by atoms with Gasteiger partial charge in [-0.25, -0.2) is 4.79 Å². The lowest BCUT2D eigenvalue weighted by Gasteiger charge is -1.99. The van der Waals surface area contributed by atoms with Crippen molar-refractivity contribution in [1.82, 2.24) is 0 Å². The van der Waals surface area contributed by atoms with E-state index in [4.69, 9.17) is 0 Å². The molecule has 0 spiro atoms. The summed E-state index contributed by atoms with van der Waals surface area (Å²) in [5.74, 6) is -0.249. The van der Waals surface area contributed by atoms with Crippen molar-refractivity contribution in [2.24, 2.45) is 0 Å². The van der Waals surface area contributed by atoms with Crippen LogP contribution in [-0.2, 0) is 9.53 Å². The van der Waals surface area contributed by atoms with Gasteiger partial charge in [-0.15, -0.1) is 0 Å². The molecular weight excluding hydrogens is 188 g/mol. The lowest BCUT2D eigenvalue weighted by molar-refractivity contribution is -0.134. The van der Waals surface area contributed by atoms with Gasteiger partial charge in [0.15, 0.2) is 0 Å². The fourth-order valence-electron chi connectivity index (χ4n) is 1.87. The molecule has 0 aromatic carbocycles.